The Morgan fingerprint density at radius 3 is 2.46 bits per heavy atom. The Morgan fingerprint density at radius 1 is 1.33 bits per heavy atom. The first-order valence-electron chi connectivity index (χ1n) is 7.15. The van der Waals surface area contributed by atoms with Crippen LogP contribution in [-0.4, -0.2) is 37.6 Å². The fraction of sp³-hybridized carbons (Fsp3) is 0.500. The summed E-state index contributed by atoms with van der Waals surface area (Å²) < 4.78 is 31.9. The third-order valence-corrected chi connectivity index (χ3v) is 4.30. The number of carbonyl (C=O) groups is 1. The summed E-state index contributed by atoms with van der Waals surface area (Å²) in [5, 5.41) is 13.4. The van der Waals surface area contributed by atoms with Gasteiger partial charge in [-0.1, -0.05) is 12.1 Å². The number of nitrogens with zero attached hydrogens (tertiary/aromatic N) is 1. The Morgan fingerprint density at radius 2 is 1.92 bits per heavy atom. The smallest absolute Gasteiger partial charge is 0.407 e. The van der Waals surface area contributed by atoms with Crippen molar-refractivity contribution in [3.05, 3.63) is 34.4 Å². The molecule has 1 rings (SSSR count). The zero-order valence-corrected chi connectivity index (χ0v) is 14.7. The summed E-state index contributed by atoms with van der Waals surface area (Å²) >= 11 is 0. The van der Waals surface area contributed by atoms with Gasteiger partial charge in [-0.05, 0) is 33.8 Å². The molecule has 1 unspecified atom stereocenters. The van der Waals surface area contributed by atoms with Gasteiger partial charge in [0.15, 0.2) is 4.90 Å². The predicted molar refractivity (Wildman–Crippen MR) is 87.1 cm³/mol. The summed E-state index contributed by atoms with van der Waals surface area (Å²) in [5.74, 6) is 0. The molecule has 0 spiro atoms. The first-order chi connectivity index (χ1) is 10.9. The predicted octanol–water partition coefficient (Wildman–Crippen LogP) is 1.79. The number of alkyl carbamates (subject to hydrolysis) is 1. The minimum Gasteiger partial charge on any atom is -0.444 e. The molecule has 1 atom stereocenters. The monoisotopic (exact) mass is 359 g/mol. The second-order valence-electron chi connectivity index (χ2n) is 6.13. The minimum absolute atomic E-state index is 0.0330. The fourth-order valence-electron chi connectivity index (χ4n) is 1.76. The molecule has 2 N–H and O–H groups in total. The average molecular weight is 359 g/mol. The Labute approximate surface area is 140 Å². The molecule has 0 aliphatic heterocycles. The van der Waals surface area contributed by atoms with E-state index in [1.807, 2.05) is 0 Å². The van der Waals surface area contributed by atoms with Crippen LogP contribution in [0.3, 0.4) is 0 Å². The SMILES string of the molecule is CC(CNC(=O)OC(C)(C)C)NS(=O)(=O)c1ccccc1[N+](=O)[O-]. The number of nitrogens with one attached hydrogen (secondary N) is 2. The first-order valence-corrected chi connectivity index (χ1v) is 8.63. The van der Waals surface area contributed by atoms with Gasteiger partial charge < -0.3 is 10.1 Å². The van der Waals surface area contributed by atoms with Gasteiger partial charge in [-0.15, -0.1) is 0 Å². The minimum atomic E-state index is -4.10. The molecule has 0 bridgehead atoms. The average Bonchev–Trinajstić information content (AvgIpc) is 2.43. The molecule has 24 heavy (non-hydrogen) atoms. The molecular formula is C14H21N3O6S. The zero-order chi connectivity index (χ0) is 18.5. The molecule has 10 heteroatoms. The number of amides is 1. The van der Waals surface area contributed by atoms with Gasteiger partial charge in [0, 0.05) is 18.7 Å². The summed E-state index contributed by atoms with van der Waals surface area (Å²) in [4.78, 5) is 21.3. The number of hydrogen-bond acceptors (Lipinski definition) is 6. The Bertz CT molecular complexity index is 711. The first kappa shape index (κ1) is 19.8. The van der Waals surface area contributed by atoms with Crippen molar-refractivity contribution in [2.45, 2.75) is 44.2 Å². The maximum absolute atomic E-state index is 12.3. The van der Waals surface area contributed by atoms with E-state index >= 15 is 0 Å². The van der Waals surface area contributed by atoms with Crippen LogP contribution < -0.4 is 10.0 Å². The number of hydrogen-bond donors (Lipinski definition) is 2. The topological polar surface area (TPSA) is 128 Å². The standard InChI is InChI=1S/C14H21N3O6S/c1-10(9-15-13(18)23-14(2,3)4)16-24(21,22)12-8-6-5-7-11(12)17(19)20/h5-8,10,16H,9H2,1-4H3,(H,15,18). The largest absolute Gasteiger partial charge is 0.444 e. The number of ether oxygens (including phenoxy) is 1. The van der Waals surface area contributed by atoms with Crippen molar-refractivity contribution in [2.24, 2.45) is 0 Å². The quantitative estimate of drug-likeness (QED) is 0.589. The fourth-order valence-corrected chi connectivity index (χ4v) is 3.17. The summed E-state index contributed by atoms with van der Waals surface area (Å²) in [7, 11) is -4.10. The van der Waals surface area contributed by atoms with Crippen LogP contribution in [-0.2, 0) is 14.8 Å². The molecule has 0 radical (unpaired) electrons. The number of sulfonamides is 1. The van der Waals surface area contributed by atoms with Crippen LogP contribution in [0.5, 0.6) is 0 Å². The molecular weight excluding hydrogens is 338 g/mol. The van der Waals surface area contributed by atoms with Gasteiger partial charge >= 0.3 is 6.09 Å². The highest BCUT2D eigenvalue weighted by Gasteiger charge is 2.26. The van der Waals surface area contributed by atoms with Gasteiger partial charge in [0.05, 0.1) is 4.92 Å². The molecule has 0 aliphatic carbocycles. The number of para-hydroxylation sites is 1. The van der Waals surface area contributed by atoms with E-state index in [1.165, 1.54) is 19.1 Å². The van der Waals surface area contributed by atoms with E-state index in [9.17, 15) is 23.3 Å². The van der Waals surface area contributed by atoms with Crippen molar-refractivity contribution in [2.75, 3.05) is 6.54 Å². The lowest BCUT2D eigenvalue weighted by atomic mass is 10.2. The lowest BCUT2D eigenvalue weighted by Crippen LogP contribution is -2.43. The second kappa shape index (κ2) is 7.58. The van der Waals surface area contributed by atoms with E-state index in [2.05, 4.69) is 10.0 Å². The highest BCUT2D eigenvalue weighted by atomic mass is 32.2. The van der Waals surface area contributed by atoms with Crippen molar-refractivity contribution in [1.82, 2.24) is 10.0 Å². The third kappa shape index (κ3) is 6.13. The summed E-state index contributed by atoms with van der Waals surface area (Å²) in [6.07, 6.45) is -0.681. The van der Waals surface area contributed by atoms with Crippen LogP contribution in [0.4, 0.5) is 10.5 Å². The lowest BCUT2D eigenvalue weighted by molar-refractivity contribution is -0.387. The van der Waals surface area contributed by atoms with Crippen molar-refractivity contribution in [3.8, 4) is 0 Å². The van der Waals surface area contributed by atoms with Gasteiger partial charge in [-0.25, -0.2) is 17.9 Å². The van der Waals surface area contributed by atoms with E-state index in [0.717, 1.165) is 12.1 Å². The normalized spacial score (nSPS) is 13.2. The van der Waals surface area contributed by atoms with Crippen molar-refractivity contribution in [3.63, 3.8) is 0 Å². The summed E-state index contributed by atoms with van der Waals surface area (Å²) in [5.41, 5.74) is -1.19. The zero-order valence-electron chi connectivity index (χ0n) is 13.9. The maximum Gasteiger partial charge on any atom is 0.407 e. The number of nitro benzene ring substituents is 1. The molecule has 0 saturated heterocycles. The summed E-state index contributed by atoms with van der Waals surface area (Å²) in [6.45, 7) is 6.59. The maximum atomic E-state index is 12.3. The second-order valence-corrected chi connectivity index (χ2v) is 7.81. The molecule has 0 heterocycles. The molecule has 0 aliphatic rings. The number of carbonyl (C=O) groups excluding carboxylic acids is 1. The van der Waals surface area contributed by atoms with Crippen LogP contribution in [0, 0.1) is 10.1 Å². The molecule has 1 aromatic carbocycles. The van der Waals surface area contributed by atoms with Gasteiger partial charge in [-0.2, -0.15) is 0 Å². The van der Waals surface area contributed by atoms with Crippen molar-refractivity contribution >= 4 is 21.8 Å². The van der Waals surface area contributed by atoms with Crippen molar-refractivity contribution < 1.29 is 22.9 Å². The van der Waals surface area contributed by atoms with Crippen LogP contribution in [0.1, 0.15) is 27.7 Å². The van der Waals surface area contributed by atoms with Crippen LogP contribution in [0.15, 0.2) is 29.2 Å². The highest BCUT2D eigenvalue weighted by Crippen LogP contribution is 2.22. The van der Waals surface area contributed by atoms with Gasteiger partial charge in [0.25, 0.3) is 5.69 Å². The Balaban J connectivity index is 2.74. The molecule has 0 aromatic heterocycles. The van der Waals surface area contributed by atoms with Gasteiger partial charge in [0.1, 0.15) is 5.60 Å². The molecule has 134 valence electrons. The Hall–Kier alpha value is -2.20. The highest BCUT2D eigenvalue weighted by molar-refractivity contribution is 7.89. The number of benzene rings is 1. The molecule has 9 nitrogen and oxygen atoms in total. The van der Waals surface area contributed by atoms with E-state index in [-0.39, 0.29) is 6.54 Å². The van der Waals surface area contributed by atoms with E-state index in [0.29, 0.717) is 0 Å². The third-order valence-electron chi connectivity index (χ3n) is 2.66. The van der Waals surface area contributed by atoms with Crippen molar-refractivity contribution in [1.29, 1.82) is 0 Å². The van der Waals surface area contributed by atoms with Crippen LogP contribution in [0.25, 0.3) is 0 Å². The molecule has 1 amide bonds. The Kier molecular flexibility index (Phi) is 6.27. The molecule has 1 aromatic rings. The van der Waals surface area contributed by atoms with E-state index in [1.54, 1.807) is 20.8 Å². The van der Waals surface area contributed by atoms with Gasteiger partial charge in [-0.3, -0.25) is 10.1 Å². The van der Waals surface area contributed by atoms with Crippen LogP contribution in [0.2, 0.25) is 0 Å². The molecule has 0 saturated carbocycles. The van der Waals surface area contributed by atoms with Gasteiger partial charge in [0.2, 0.25) is 10.0 Å². The number of rotatable bonds is 6. The lowest BCUT2D eigenvalue weighted by Gasteiger charge is -2.21. The van der Waals surface area contributed by atoms with E-state index in [4.69, 9.17) is 4.74 Å². The summed E-state index contributed by atoms with van der Waals surface area (Å²) in [6, 6.07) is 4.34. The van der Waals surface area contributed by atoms with Crippen LogP contribution >= 0.6 is 0 Å². The number of nitro groups is 1. The molecule has 0 fully saturated rings. The van der Waals surface area contributed by atoms with E-state index < -0.39 is 43.3 Å².